The van der Waals surface area contributed by atoms with E-state index in [-0.39, 0.29) is 5.91 Å². The van der Waals surface area contributed by atoms with Crippen LogP contribution in [0, 0.1) is 5.92 Å². The number of aliphatic imine (C=N–C) groups is 1. The SMILES string of the molecule is CCNC(=O)c1ccc2c(c1)C(C1CCCCC1)=NCC2. The third kappa shape index (κ3) is 3.02. The topological polar surface area (TPSA) is 41.5 Å². The van der Waals surface area contributed by atoms with Gasteiger partial charge in [0.2, 0.25) is 0 Å². The van der Waals surface area contributed by atoms with Crippen molar-refractivity contribution in [3.63, 3.8) is 0 Å². The molecule has 1 saturated carbocycles. The third-order valence-corrected chi connectivity index (χ3v) is 4.64. The van der Waals surface area contributed by atoms with Gasteiger partial charge in [-0.1, -0.05) is 25.3 Å². The Morgan fingerprint density at radius 2 is 2.10 bits per heavy atom. The molecule has 1 heterocycles. The molecule has 0 atom stereocenters. The minimum absolute atomic E-state index is 0.0221. The Balaban J connectivity index is 1.91. The molecule has 2 aliphatic rings. The van der Waals surface area contributed by atoms with Gasteiger partial charge in [-0.25, -0.2) is 0 Å². The molecule has 1 aromatic rings. The maximum atomic E-state index is 12.1. The van der Waals surface area contributed by atoms with Gasteiger partial charge in [0.05, 0.1) is 0 Å². The van der Waals surface area contributed by atoms with Crippen molar-refractivity contribution in [1.82, 2.24) is 5.32 Å². The zero-order valence-corrected chi connectivity index (χ0v) is 12.8. The molecule has 0 spiro atoms. The minimum atomic E-state index is 0.0221. The Hall–Kier alpha value is -1.64. The first-order chi connectivity index (χ1) is 10.3. The van der Waals surface area contributed by atoms with Crippen molar-refractivity contribution in [2.24, 2.45) is 10.9 Å². The van der Waals surface area contributed by atoms with Crippen molar-refractivity contribution < 1.29 is 4.79 Å². The lowest BCUT2D eigenvalue weighted by molar-refractivity contribution is 0.0956. The lowest BCUT2D eigenvalue weighted by Crippen LogP contribution is -2.26. The first kappa shape index (κ1) is 14.3. The number of nitrogens with one attached hydrogen (secondary N) is 1. The fraction of sp³-hybridized carbons (Fsp3) is 0.556. The Labute approximate surface area is 126 Å². The molecule has 3 rings (SSSR count). The van der Waals surface area contributed by atoms with Crippen LogP contribution in [0.25, 0.3) is 0 Å². The van der Waals surface area contributed by atoms with E-state index in [1.54, 1.807) is 0 Å². The summed E-state index contributed by atoms with van der Waals surface area (Å²) in [6, 6.07) is 6.14. The van der Waals surface area contributed by atoms with Crippen LogP contribution < -0.4 is 5.32 Å². The van der Waals surface area contributed by atoms with Crippen LogP contribution in [-0.2, 0) is 6.42 Å². The molecule has 3 nitrogen and oxygen atoms in total. The van der Waals surface area contributed by atoms with Gasteiger partial charge in [0, 0.05) is 30.3 Å². The van der Waals surface area contributed by atoms with Crippen LogP contribution in [0.15, 0.2) is 23.2 Å². The Kier molecular flexibility index (Phi) is 4.37. The highest BCUT2D eigenvalue weighted by Gasteiger charge is 2.25. The van der Waals surface area contributed by atoms with Gasteiger partial charge in [0.25, 0.3) is 5.91 Å². The summed E-state index contributed by atoms with van der Waals surface area (Å²) in [6.07, 6.45) is 7.49. The molecule has 112 valence electrons. The van der Waals surface area contributed by atoms with E-state index in [0.29, 0.717) is 12.5 Å². The summed E-state index contributed by atoms with van der Waals surface area (Å²) in [5.41, 5.74) is 4.62. The maximum absolute atomic E-state index is 12.1. The van der Waals surface area contributed by atoms with E-state index in [1.807, 2.05) is 13.0 Å². The van der Waals surface area contributed by atoms with Crippen LogP contribution in [0.5, 0.6) is 0 Å². The first-order valence-electron chi connectivity index (χ1n) is 8.25. The average Bonchev–Trinajstić information content (AvgIpc) is 2.55. The molecule has 0 aromatic heterocycles. The number of fused-ring (bicyclic) bond motifs is 1. The molecule has 1 aromatic carbocycles. The summed E-state index contributed by atoms with van der Waals surface area (Å²) in [6.45, 7) is 3.52. The van der Waals surface area contributed by atoms with Gasteiger partial charge >= 0.3 is 0 Å². The summed E-state index contributed by atoms with van der Waals surface area (Å²) in [5.74, 6) is 0.621. The van der Waals surface area contributed by atoms with Gasteiger partial charge < -0.3 is 5.32 Å². The number of nitrogens with zero attached hydrogens (tertiary/aromatic N) is 1. The minimum Gasteiger partial charge on any atom is -0.352 e. The highest BCUT2D eigenvalue weighted by atomic mass is 16.1. The number of carbonyl (C=O) groups is 1. The van der Waals surface area contributed by atoms with Crippen LogP contribution in [0.2, 0.25) is 0 Å². The number of amides is 1. The van der Waals surface area contributed by atoms with Crippen molar-refractivity contribution in [1.29, 1.82) is 0 Å². The molecule has 1 amide bonds. The quantitative estimate of drug-likeness (QED) is 0.908. The fourth-order valence-corrected chi connectivity index (χ4v) is 3.54. The zero-order valence-electron chi connectivity index (χ0n) is 12.8. The highest BCUT2D eigenvalue weighted by molar-refractivity contribution is 6.06. The monoisotopic (exact) mass is 284 g/mol. The summed E-state index contributed by atoms with van der Waals surface area (Å²) >= 11 is 0. The Morgan fingerprint density at radius 3 is 2.86 bits per heavy atom. The van der Waals surface area contributed by atoms with Gasteiger partial charge in [0.15, 0.2) is 0 Å². The zero-order chi connectivity index (χ0) is 14.7. The van der Waals surface area contributed by atoms with Crippen molar-refractivity contribution in [3.8, 4) is 0 Å². The van der Waals surface area contributed by atoms with E-state index in [2.05, 4.69) is 17.4 Å². The molecule has 1 aliphatic carbocycles. The summed E-state index contributed by atoms with van der Waals surface area (Å²) in [4.78, 5) is 16.9. The van der Waals surface area contributed by atoms with Crippen LogP contribution in [0.3, 0.4) is 0 Å². The molecule has 1 N–H and O–H groups in total. The second kappa shape index (κ2) is 6.42. The molecule has 0 radical (unpaired) electrons. The van der Waals surface area contributed by atoms with Crippen molar-refractivity contribution >= 4 is 11.6 Å². The van der Waals surface area contributed by atoms with Crippen LogP contribution in [0.1, 0.15) is 60.5 Å². The average molecular weight is 284 g/mol. The summed E-state index contributed by atoms with van der Waals surface area (Å²) < 4.78 is 0. The number of carbonyl (C=O) groups excluding carboxylic acids is 1. The number of rotatable bonds is 3. The van der Waals surface area contributed by atoms with E-state index >= 15 is 0 Å². The predicted octanol–water partition coefficient (Wildman–Crippen LogP) is 3.36. The molecule has 1 aliphatic heterocycles. The van der Waals surface area contributed by atoms with Gasteiger partial charge in [-0.15, -0.1) is 0 Å². The normalized spacial score (nSPS) is 18.8. The lowest BCUT2D eigenvalue weighted by Gasteiger charge is -2.27. The van der Waals surface area contributed by atoms with Crippen LogP contribution in [0.4, 0.5) is 0 Å². The summed E-state index contributed by atoms with van der Waals surface area (Å²) in [7, 11) is 0. The van der Waals surface area contributed by atoms with Crippen molar-refractivity contribution in [3.05, 3.63) is 34.9 Å². The molecule has 0 bridgehead atoms. The number of hydrogen-bond donors (Lipinski definition) is 1. The molecule has 1 fully saturated rings. The summed E-state index contributed by atoms with van der Waals surface area (Å²) in [5, 5.41) is 2.88. The molecule has 0 saturated heterocycles. The second-order valence-electron chi connectivity index (χ2n) is 6.08. The van der Waals surface area contributed by atoms with E-state index in [9.17, 15) is 4.79 Å². The highest BCUT2D eigenvalue weighted by Crippen LogP contribution is 2.31. The van der Waals surface area contributed by atoms with Crippen molar-refractivity contribution in [2.75, 3.05) is 13.1 Å². The molecular formula is C18H24N2O. The van der Waals surface area contributed by atoms with Gasteiger partial charge in [-0.2, -0.15) is 0 Å². The maximum Gasteiger partial charge on any atom is 0.251 e. The molecule has 0 unspecified atom stereocenters. The first-order valence-corrected chi connectivity index (χ1v) is 8.25. The number of hydrogen-bond acceptors (Lipinski definition) is 2. The van der Waals surface area contributed by atoms with E-state index in [0.717, 1.165) is 18.5 Å². The lowest BCUT2D eigenvalue weighted by atomic mass is 9.80. The molecule has 3 heteroatoms. The van der Waals surface area contributed by atoms with Gasteiger partial charge in [-0.3, -0.25) is 9.79 Å². The Morgan fingerprint density at radius 1 is 1.29 bits per heavy atom. The standard InChI is InChI=1S/C18H24N2O/c1-2-19-18(21)15-9-8-13-10-11-20-17(16(13)12-15)14-6-4-3-5-7-14/h8-9,12,14H,2-7,10-11H2,1H3,(H,19,21). The smallest absolute Gasteiger partial charge is 0.251 e. The fourth-order valence-electron chi connectivity index (χ4n) is 3.54. The van der Waals surface area contributed by atoms with Crippen molar-refractivity contribution in [2.45, 2.75) is 45.4 Å². The third-order valence-electron chi connectivity index (χ3n) is 4.64. The number of benzene rings is 1. The van der Waals surface area contributed by atoms with Gasteiger partial charge in [-0.05, 0) is 49.4 Å². The largest absolute Gasteiger partial charge is 0.352 e. The van der Waals surface area contributed by atoms with E-state index in [1.165, 1.54) is 48.9 Å². The molecule has 21 heavy (non-hydrogen) atoms. The van der Waals surface area contributed by atoms with E-state index in [4.69, 9.17) is 4.99 Å². The van der Waals surface area contributed by atoms with Gasteiger partial charge in [0.1, 0.15) is 0 Å². The Bertz CT molecular complexity index is 556. The van der Waals surface area contributed by atoms with Crippen LogP contribution in [-0.4, -0.2) is 24.7 Å². The molecular weight excluding hydrogens is 260 g/mol. The second-order valence-corrected chi connectivity index (χ2v) is 6.08. The predicted molar refractivity (Wildman–Crippen MR) is 86.1 cm³/mol. The van der Waals surface area contributed by atoms with E-state index < -0.39 is 0 Å². The van der Waals surface area contributed by atoms with Crippen LogP contribution >= 0.6 is 0 Å².